The van der Waals surface area contributed by atoms with Crippen molar-refractivity contribution in [1.29, 1.82) is 0 Å². The number of nitrogens with zero attached hydrogens (tertiary/aromatic N) is 1. The molecular weight excluding hydrogens is 448 g/mol. The molecule has 0 unspecified atom stereocenters. The van der Waals surface area contributed by atoms with Crippen LogP contribution in [0.5, 0.6) is 0 Å². The van der Waals surface area contributed by atoms with Crippen molar-refractivity contribution in [3.05, 3.63) is 87.4 Å². The van der Waals surface area contributed by atoms with Gasteiger partial charge in [0.15, 0.2) is 0 Å². The quantitative estimate of drug-likeness (QED) is 0.569. The van der Waals surface area contributed by atoms with Gasteiger partial charge in [0.1, 0.15) is 11.6 Å². The van der Waals surface area contributed by atoms with Crippen molar-refractivity contribution in [2.75, 3.05) is 10.6 Å². The Morgan fingerprint density at radius 1 is 0.885 bits per heavy atom. The summed E-state index contributed by atoms with van der Waals surface area (Å²) in [5.41, 5.74) is 0.996. The molecule has 2 N–H and O–H groups in total. The number of anilines is 2. The molecule has 5 nitrogen and oxygen atoms in total. The summed E-state index contributed by atoms with van der Waals surface area (Å²) in [6.45, 7) is 0. The minimum absolute atomic E-state index is 0.200. The molecule has 0 saturated heterocycles. The molecule has 0 spiro atoms. The molecule has 0 aliphatic carbocycles. The van der Waals surface area contributed by atoms with Gasteiger partial charge in [0.05, 0.1) is 0 Å². The summed E-state index contributed by atoms with van der Waals surface area (Å²) in [6.07, 6.45) is 1.58. The molecule has 130 valence electrons. The molecule has 0 aliphatic heterocycles. The first-order chi connectivity index (χ1) is 12.5. The van der Waals surface area contributed by atoms with Crippen LogP contribution in [-0.4, -0.2) is 16.8 Å². The van der Waals surface area contributed by atoms with Crippen LogP contribution < -0.4 is 10.6 Å². The molecule has 2 amide bonds. The lowest BCUT2D eigenvalue weighted by molar-refractivity contribution is 0.101. The molecule has 1 heterocycles. The zero-order valence-electron chi connectivity index (χ0n) is 13.4. The summed E-state index contributed by atoms with van der Waals surface area (Å²) in [4.78, 5) is 28.6. The first-order valence-electron chi connectivity index (χ1n) is 7.62. The summed E-state index contributed by atoms with van der Waals surface area (Å²) in [7, 11) is 0. The van der Waals surface area contributed by atoms with Crippen LogP contribution in [0.2, 0.25) is 0 Å². The summed E-state index contributed by atoms with van der Waals surface area (Å²) in [5.74, 6) is -0.828. The van der Waals surface area contributed by atoms with E-state index in [1.54, 1.807) is 48.7 Å². The Morgan fingerprint density at radius 2 is 1.65 bits per heavy atom. The molecule has 0 bridgehead atoms. The smallest absolute Gasteiger partial charge is 0.256 e. The fourth-order valence-electron chi connectivity index (χ4n) is 2.20. The Balaban J connectivity index is 1.73. The van der Waals surface area contributed by atoms with E-state index in [-0.39, 0.29) is 11.5 Å². The maximum atomic E-state index is 13.6. The van der Waals surface area contributed by atoms with E-state index in [1.807, 2.05) is 22.6 Å². The maximum absolute atomic E-state index is 13.6. The Hall–Kier alpha value is -2.81. The second-order valence-corrected chi connectivity index (χ2v) is 6.50. The van der Waals surface area contributed by atoms with Gasteiger partial charge in [0, 0.05) is 26.6 Å². The lowest BCUT2D eigenvalue weighted by Crippen LogP contribution is -2.15. The average molecular weight is 461 g/mol. The van der Waals surface area contributed by atoms with Crippen molar-refractivity contribution in [2.24, 2.45) is 0 Å². The molecule has 2 aromatic carbocycles. The van der Waals surface area contributed by atoms with Gasteiger partial charge >= 0.3 is 0 Å². The number of hydrogen-bond donors (Lipinski definition) is 2. The van der Waals surface area contributed by atoms with E-state index in [0.29, 0.717) is 20.6 Å². The highest BCUT2D eigenvalue weighted by atomic mass is 127. The van der Waals surface area contributed by atoms with Crippen LogP contribution >= 0.6 is 22.6 Å². The Labute approximate surface area is 162 Å². The van der Waals surface area contributed by atoms with Crippen LogP contribution in [0.1, 0.15) is 20.7 Å². The zero-order chi connectivity index (χ0) is 18.5. The van der Waals surface area contributed by atoms with E-state index in [0.717, 1.165) is 0 Å². The molecule has 3 aromatic rings. The van der Waals surface area contributed by atoms with Gasteiger partial charge in [-0.25, -0.2) is 9.37 Å². The zero-order valence-corrected chi connectivity index (χ0v) is 15.5. The monoisotopic (exact) mass is 461 g/mol. The van der Waals surface area contributed by atoms with Gasteiger partial charge in [-0.15, -0.1) is 0 Å². The summed E-state index contributed by atoms with van der Waals surface area (Å²) in [5, 5.41) is 5.33. The fraction of sp³-hybridized carbons (Fsp3) is 0. The number of hydrogen-bond acceptors (Lipinski definition) is 3. The molecule has 26 heavy (non-hydrogen) atoms. The number of rotatable bonds is 4. The summed E-state index contributed by atoms with van der Waals surface area (Å²) < 4.78 is 14.0. The van der Waals surface area contributed by atoms with Crippen molar-refractivity contribution in [2.45, 2.75) is 0 Å². The minimum Gasteiger partial charge on any atom is -0.322 e. The van der Waals surface area contributed by atoms with Crippen LogP contribution in [0.3, 0.4) is 0 Å². The van der Waals surface area contributed by atoms with Crippen LogP contribution in [0.4, 0.5) is 15.9 Å². The third kappa shape index (κ3) is 4.42. The molecular formula is C19H13FIN3O2. The van der Waals surface area contributed by atoms with E-state index < -0.39 is 11.7 Å². The average Bonchev–Trinajstić information content (AvgIpc) is 2.65. The van der Waals surface area contributed by atoms with Crippen molar-refractivity contribution in [3.63, 3.8) is 0 Å². The summed E-state index contributed by atoms with van der Waals surface area (Å²) >= 11 is 1.85. The number of aromatic nitrogens is 1. The van der Waals surface area contributed by atoms with E-state index in [1.165, 1.54) is 18.2 Å². The summed E-state index contributed by atoms with van der Waals surface area (Å²) in [6, 6.07) is 15.9. The molecule has 0 radical (unpaired) electrons. The van der Waals surface area contributed by atoms with Gasteiger partial charge in [-0.05, 0) is 71.1 Å². The normalized spacial score (nSPS) is 10.2. The molecule has 0 saturated carbocycles. The third-order valence-electron chi connectivity index (χ3n) is 3.47. The number of carbonyl (C=O) groups is 2. The van der Waals surface area contributed by atoms with Crippen LogP contribution in [0.15, 0.2) is 66.9 Å². The lowest BCUT2D eigenvalue weighted by atomic mass is 10.1. The van der Waals surface area contributed by atoms with Gasteiger partial charge in [-0.2, -0.15) is 0 Å². The molecule has 0 aliphatic rings. The molecule has 0 fully saturated rings. The fourth-order valence-corrected chi connectivity index (χ4v) is 2.54. The molecule has 1 aromatic heterocycles. The van der Waals surface area contributed by atoms with Crippen LogP contribution in [0, 0.1) is 9.39 Å². The van der Waals surface area contributed by atoms with Crippen molar-refractivity contribution < 1.29 is 14.0 Å². The highest BCUT2D eigenvalue weighted by Crippen LogP contribution is 2.16. The van der Waals surface area contributed by atoms with E-state index in [4.69, 9.17) is 0 Å². The number of carbonyl (C=O) groups excluding carboxylic acids is 2. The Kier molecular flexibility index (Phi) is 5.57. The van der Waals surface area contributed by atoms with E-state index in [2.05, 4.69) is 15.6 Å². The molecule has 0 atom stereocenters. The SMILES string of the molecule is O=C(Nc1cccc(C(=O)Nc2ccccn2)c1)c1ccc(I)c(F)c1. The first kappa shape index (κ1) is 18.0. The van der Waals surface area contributed by atoms with Crippen LogP contribution in [-0.2, 0) is 0 Å². The topological polar surface area (TPSA) is 71.1 Å². The van der Waals surface area contributed by atoms with Crippen molar-refractivity contribution in [3.8, 4) is 0 Å². The van der Waals surface area contributed by atoms with Crippen LogP contribution in [0.25, 0.3) is 0 Å². The van der Waals surface area contributed by atoms with Gasteiger partial charge < -0.3 is 10.6 Å². The predicted octanol–water partition coefficient (Wildman–Crippen LogP) is 4.33. The predicted molar refractivity (Wildman–Crippen MR) is 106 cm³/mol. The van der Waals surface area contributed by atoms with E-state index in [9.17, 15) is 14.0 Å². The number of halogens is 2. The van der Waals surface area contributed by atoms with Crippen molar-refractivity contribution >= 4 is 45.9 Å². The molecule has 7 heteroatoms. The van der Waals surface area contributed by atoms with Gasteiger partial charge in [-0.3, -0.25) is 9.59 Å². The largest absolute Gasteiger partial charge is 0.322 e. The standard InChI is InChI=1S/C19H13FIN3O2/c20-15-11-13(7-8-16(15)21)18(25)23-14-5-3-4-12(10-14)19(26)24-17-6-1-2-9-22-17/h1-11H,(H,23,25)(H,22,24,26). The number of pyridine rings is 1. The van der Waals surface area contributed by atoms with Gasteiger partial charge in [0.25, 0.3) is 11.8 Å². The third-order valence-corrected chi connectivity index (χ3v) is 4.35. The maximum Gasteiger partial charge on any atom is 0.256 e. The second-order valence-electron chi connectivity index (χ2n) is 5.33. The van der Waals surface area contributed by atoms with E-state index >= 15 is 0 Å². The van der Waals surface area contributed by atoms with Gasteiger partial charge in [-0.1, -0.05) is 12.1 Å². The minimum atomic E-state index is -0.457. The lowest BCUT2D eigenvalue weighted by Gasteiger charge is -2.08. The highest BCUT2D eigenvalue weighted by Gasteiger charge is 2.11. The Morgan fingerprint density at radius 3 is 2.38 bits per heavy atom. The number of amides is 2. The highest BCUT2D eigenvalue weighted by molar-refractivity contribution is 14.1. The Bertz CT molecular complexity index is 964. The number of benzene rings is 2. The second kappa shape index (κ2) is 8.05. The first-order valence-corrected chi connectivity index (χ1v) is 8.69. The van der Waals surface area contributed by atoms with Gasteiger partial charge in [0.2, 0.25) is 0 Å². The number of nitrogens with one attached hydrogen (secondary N) is 2. The molecule has 3 rings (SSSR count). The van der Waals surface area contributed by atoms with Crippen molar-refractivity contribution in [1.82, 2.24) is 4.98 Å².